The molecule has 0 bridgehead atoms. The number of nitrogens with zero attached hydrogens (tertiary/aromatic N) is 2. The Bertz CT molecular complexity index is 1020. The first kappa shape index (κ1) is 16.9. The second-order valence-corrected chi connectivity index (χ2v) is 6.21. The lowest BCUT2D eigenvalue weighted by Crippen LogP contribution is -2.29. The van der Waals surface area contributed by atoms with Crippen molar-refractivity contribution in [2.75, 3.05) is 11.9 Å². The van der Waals surface area contributed by atoms with Crippen molar-refractivity contribution in [1.82, 2.24) is 14.8 Å². The lowest BCUT2D eigenvalue weighted by molar-refractivity contribution is -0.116. The molecule has 25 heavy (non-hydrogen) atoms. The van der Waals surface area contributed by atoms with Crippen molar-refractivity contribution < 1.29 is 9.53 Å². The van der Waals surface area contributed by atoms with Crippen molar-refractivity contribution in [3.8, 4) is 5.75 Å². The number of aryl methyl sites for hydroxylation is 1. The zero-order valence-electron chi connectivity index (χ0n) is 13.4. The van der Waals surface area contributed by atoms with Crippen LogP contribution in [0.4, 0.5) is 5.13 Å². The zero-order chi connectivity index (χ0) is 17.8. The van der Waals surface area contributed by atoms with Crippen molar-refractivity contribution in [3.05, 3.63) is 51.0 Å². The highest BCUT2D eigenvalue weighted by molar-refractivity contribution is 7.22. The predicted molar refractivity (Wildman–Crippen MR) is 95.4 cm³/mol. The SMILES string of the molecule is CCOc1ccc2nc(NC(=O)CCn3[nH]c(=O)ccc3=O)sc2c1. The third-order valence-electron chi connectivity index (χ3n) is 3.37. The van der Waals surface area contributed by atoms with Crippen LogP contribution >= 0.6 is 11.3 Å². The molecule has 3 aromatic rings. The average Bonchev–Trinajstić information content (AvgIpc) is 2.97. The minimum atomic E-state index is -0.392. The lowest BCUT2D eigenvalue weighted by atomic mass is 10.3. The first-order chi connectivity index (χ1) is 12.0. The van der Waals surface area contributed by atoms with Crippen LogP contribution in [0.25, 0.3) is 10.2 Å². The van der Waals surface area contributed by atoms with E-state index in [4.69, 9.17) is 4.74 Å². The molecule has 0 atom stereocenters. The molecule has 1 amide bonds. The summed E-state index contributed by atoms with van der Waals surface area (Å²) in [5, 5.41) is 5.56. The molecule has 0 fully saturated rings. The van der Waals surface area contributed by atoms with E-state index in [1.165, 1.54) is 17.4 Å². The number of thiazole rings is 1. The fraction of sp³-hybridized carbons (Fsp3) is 0.250. The van der Waals surface area contributed by atoms with Crippen LogP contribution in [0.5, 0.6) is 5.75 Å². The molecule has 0 radical (unpaired) electrons. The van der Waals surface area contributed by atoms with Gasteiger partial charge in [-0.1, -0.05) is 11.3 Å². The number of hydrogen-bond donors (Lipinski definition) is 2. The molecule has 8 nitrogen and oxygen atoms in total. The van der Waals surface area contributed by atoms with E-state index in [0.717, 1.165) is 26.7 Å². The number of nitrogens with one attached hydrogen (secondary N) is 2. The molecule has 130 valence electrons. The van der Waals surface area contributed by atoms with E-state index in [1.54, 1.807) is 0 Å². The zero-order valence-corrected chi connectivity index (χ0v) is 14.3. The summed E-state index contributed by atoms with van der Waals surface area (Å²) in [7, 11) is 0. The Labute approximate surface area is 146 Å². The van der Waals surface area contributed by atoms with Gasteiger partial charge in [-0.25, -0.2) is 9.67 Å². The number of rotatable bonds is 6. The Morgan fingerprint density at radius 2 is 2.16 bits per heavy atom. The highest BCUT2D eigenvalue weighted by Crippen LogP contribution is 2.29. The normalized spacial score (nSPS) is 10.8. The number of fused-ring (bicyclic) bond motifs is 1. The standard InChI is InChI=1S/C16H16N4O4S/c1-2-24-10-3-4-11-12(9-10)25-16(17-11)18-13(21)7-8-20-15(23)6-5-14(22)19-20/h3-6,9H,2,7-8H2,1H3,(H,19,22)(H,17,18,21). The number of amides is 1. The van der Waals surface area contributed by atoms with E-state index in [-0.39, 0.29) is 24.4 Å². The number of aromatic nitrogens is 3. The van der Waals surface area contributed by atoms with Crippen LogP contribution in [0.15, 0.2) is 39.9 Å². The Morgan fingerprint density at radius 3 is 2.96 bits per heavy atom. The monoisotopic (exact) mass is 360 g/mol. The van der Waals surface area contributed by atoms with E-state index >= 15 is 0 Å². The molecule has 0 aliphatic carbocycles. The molecule has 0 aliphatic heterocycles. The number of aromatic amines is 1. The number of ether oxygens (including phenoxy) is 1. The first-order valence-corrected chi connectivity index (χ1v) is 8.50. The molecular weight excluding hydrogens is 344 g/mol. The van der Waals surface area contributed by atoms with Gasteiger partial charge < -0.3 is 10.1 Å². The Balaban J connectivity index is 1.66. The first-order valence-electron chi connectivity index (χ1n) is 7.68. The average molecular weight is 360 g/mol. The quantitative estimate of drug-likeness (QED) is 0.694. The molecule has 0 spiro atoms. The fourth-order valence-electron chi connectivity index (χ4n) is 2.24. The minimum Gasteiger partial charge on any atom is -0.494 e. The van der Waals surface area contributed by atoms with E-state index in [9.17, 15) is 14.4 Å². The second kappa shape index (κ2) is 7.31. The van der Waals surface area contributed by atoms with Crippen LogP contribution in [0.2, 0.25) is 0 Å². The van der Waals surface area contributed by atoms with Crippen LogP contribution in [0.1, 0.15) is 13.3 Å². The summed E-state index contributed by atoms with van der Waals surface area (Å²) in [4.78, 5) is 39.2. The smallest absolute Gasteiger partial charge is 0.265 e. The number of carbonyl (C=O) groups excluding carboxylic acids is 1. The summed E-state index contributed by atoms with van der Waals surface area (Å²) < 4.78 is 7.46. The molecule has 2 heterocycles. The molecule has 0 aliphatic rings. The third-order valence-corrected chi connectivity index (χ3v) is 4.30. The Hall–Kier alpha value is -2.94. The maximum Gasteiger partial charge on any atom is 0.265 e. The van der Waals surface area contributed by atoms with Crippen LogP contribution in [0.3, 0.4) is 0 Å². The summed E-state index contributed by atoms with van der Waals surface area (Å²) in [6.45, 7) is 2.57. The van der Waals surface area contributed by atoms with Gasteiger partial charge >= 0.3 is 0 Å². The predicted octanol–water partition coefficient (Wildman–Crippen LogP) is 1.57. The summed E-state index contributed by atoms with van der Waals surface area (Å²) in [6, 6.07) is 7.85. The Morgan fingerprint density at radius 1 is 1.32 bits per heavy atom. The molecule has 0 unspecified atom stereocenters. The summed E-state index contributed by atoms with van der Waals surface area (Å²) in [5.74, 6) is 0.463. The highest BCUT2D eigenvalue weighted by atomic mass is 32.1. The third kappa shape index (κ3) is 4.13. The van der Waals surface area contributed by atoms with Gasteiger partial charge in [0.15, 0.2) is 5.13 Å². The van der Waals surface area contributed by atoms with Crippen molar-refractivity contribution >= 4 is 32.6 Å². The molecule has 9 heteroatoms. The maximum atomic E-state index is 12.1. The molecular formula is C16H16N4O4S. The van der Waals surface area contributed by atoms with Crippen molar-refractivity contribution in [1.29, 1.82) is 0 Å². The highest BCUT2D eigenvalue weighted by Gasteiger charge is 2.09. The lowest BCUT2D eigenvalue weighted by Gasteiger charge is -2.04. The van der Waals surface area contributed by atoms with Gasteiger partial charge in [-0.05, 0) is 25.1 Å². The van der Waals surface area contributed by atoms with E-state index in [2.05, 4.69) is 15.4 Å². The molecule has 2 N–H and O–H groups in total. The van der Waals surface area contributed by atoms with E-state index in [0.29, 0.717) is 11.7 Å². The van der Waals surface area contributed by atoms with Crippen LogP contribution in [-0.4, -0.2) is 27.3 Å². The van der Waals surface area contributed by atoms with Crippen LogP contribution in [-0.2, 0) is 11.3 Å². The second-order valence-electron chi connectivity index (χ2n) is 5.18. The summed E-state index contributed by atoms with van der Waals surface area (Å²) in [6.07, 6.45) is 0.0416. The summed E-state index contributed by atoms with van der Waals surface area (Å²) >= 11 is 1.34. The number of H-pyrrole nitrogens is 1. The number of carbonyl (C=O) groups is 1. The fourth-order valence-corrected chi connectivity index (χ4v) is 3.15. The maximum absolute atomic E-state index is 12.1. The van der Waals surface area contributed by atoms with E-state index < -0.39 is 5.56 Å². The van der Waals surface area contributed by atoms with Crippen molar-refractivity contribution in [2.45, 2.75) is 19.9 Å². The number of benzene rings is 1. The van der Waals surface area contributed by atoms with Gasteiger partial charge in [0.05, 0.1) is 23.4 Å². The largest absolute Gasteiger partial charge is 0.494 e. The van der Waals surface area contributed by atoms with Crippen LogP contribution < -0.4 is 21.2 Å². The van der Waals surface area contributed by atoms with Gasteiger partial charge in [-0.15, -0.1) is 0 Å². The molecule has 2 aromatic heterocycles. The van der Waals surface area contributed by atoms with Gasteiger partial charge in [0.25, 0.3) is 11.1 Å². The van der Waals surface area contributed by atoms with Gasteiger partial charge in [-0.3, -0.25) is 19.5 Å². The number of hydrogen-bond acceptors (Lipinski definition) is 6. The van der Waals surface area contributed by atoms with Gasteiger partial charge in [0.2, 0.25) is 5.91 Å². The van der Waals surface area contributed by atoms with Gasteiger partial charge in [0.1, 0.15) is 5.75 Å². The summed E-state index contributed by atoms with van der Waals surface area (Å²) in [5.41, 5.74) is 0.0134. The molecule has 3 rings (SSSR count). The molecule has 0 saturated heterocycles. The minimum absolute atomic E-state index is 0.0416. The van der Waals surface area contributed by atoms with Crippen molar-refractivity contribution in [3.63, 3.8) is 0 Å². The van der Waals surface area contributed by atoms with E-state index in [1.807, 2.05) is 25.1 Å². The van der Waals surface area contributed by atoms with Gasteiger partial charge in [0, 0.05) is 18.6 Å². The molecule has 0 saturated carbocycles. The van der Waals surface area contributed by atoms with Gasteiger partial charge in [-0.2, -0.15) is 0 Å². The Kier molecular flexibility index (Phi) is 4.94. The number of anilines is 1. The topological polar surface area (TPSA) is 106 Å². The molecule has 1 aromatic carbocycles. The van der Waals surface area contributed by atoms with Crippen LogP contribution in [0, 0.1) is 0 Å². The van der Waals surface area contributed by atoms with Crippen molar-refractivity contribution in [2.24, 2.45) is 0 Å².